The summed E-state index contributed by atoms with van der Waals surface area (Å²) in [5, 5.41) is 3.36. The molecule has 1 N–H and O–H groups in total. The summed E-state index contributed by atoms with van der Waals surface area (Å²) in [6.45, 7) is 9.67. The molecule has 4 heterocycles. The number of nitrogens with zero attached hydrogens (tertiary/aromatic N) is 4. The minimum Gasteiger partial charge on any atom is -0.379 e. The molecule has 1 amide bonds. The Morgan fingerprint density at radius 1 is 1.24 bits per heavy atom. The van der Waals surface area contributed by atoms with Crippen LogP contribution in [0, 0.1) is 6.92 Å². The standard InChI is InChI=1S/C24H31N5O3S2/c1-3-4-10-29-23(31)19(34-24(29)33)16-18-20(25-8-6-9-27-12-14-32-15-13-27)26-21-17(2)7-5-11-28(21)22(18)30/h5,7,11,16,25H,3-4,6,8-10,12-15H2,1-2H3/b19-16+. The monoisotopic (exact) mass is 501 g/mol. The molecule has 2 aromatic heterocycles. The van der Waals surface area contributed by atoms with Gasteiger partial charge in [-0.15, -0.1) is 0 Å². The number of thiocarbonyl (C=S) groups is 1. The molecule has 10 heteroatoms. The topological polar surface area (TPSA) is 79.2 Å². The predicted molar refractivity (Wildman–Crippen MR) is 141 cm³/mol. The number of ether oxygens (including phenoxy) is 1. The van der Waals surface area contributed by atoms with Gasteiger partial charge >= 0.3 is 0 Å². The number of morpholine rings is 1. The minimum atomic E-state index is -0.205. The number of thioether (sulfide) groups is 1. The molecule has 0 bridgehead atoms. The molecule has 0 saturated carbocycles. The molecular formula is C24H31N5O3S2. The second-order valence-electron chi connectivity index (χ2n) is 8.49. The van der Waals surface area contributed by atoms with E-state index >= 15 is 0 Å². The molecule has 0 radical (unpaired) electrons. The van der Waals surface area contributed by atoms with Crippen molar-refractivity contribution in [2.75, 3.05) is 51.3 Å². The third-order valence-electron chi connectivity index (χ3n) is 6.02. The van der Waals surface area contributed by atoms with Crippen molar-refractivity contribution in [3.63, 3.8) is 0 Å². The summed E-state index contributed by atoms with van der Waals surface area (Å²) < 4.78 is 7.49. The summed E-state index contributed by atoms with van der Waals surface area (Å²) >= 11 is 6.68. The van der Waals surface area contributed by atoms with Crippen molar-refractivity contribution in [1.82, 2.24) is 19.2 Å². The largest absolute Gasteiger partial charge is 0.379 e. The number of pyridine rings is 1. The second-order valence-corrected chi connectivity index (χ2v) is 10.2. The number of carbonyl (C=O) groups excluding carboxylic acids is 1. The molecule has 0 unspecified atom stereocenters. The predicted octanol–water partition coefficient (Wildman–Crippen LogP) is 3.14. The fourth-order valence-electron chi connectivity index (χ4n) is 4.05. The van der Waals surface area contributed by atoms with Gasteiger partial charge in [0, 0.05) is 32.4 Å². The lowest BCUT2D eigenvalue weighted by Gasteiger charge is -2.26. The molecule has 2 aliphatic heterocycles. The number of nitrogens with one attached hydrogen (secondary N) is 1. The van der Waals surface area contributed by atoms with Gasteiger partial charge in [0.05, 0.1) is 23.7 Å². The molecule has 2 saturated heterocycles. The number of fused-ring (bicyclic) bond motifs is 1. The number of aryl methyl sites for hydroxylation is 1. The van der Waals surface area contributed by atoms with Gasteiger partial charge in [-0.3, -0.25) is 23.8 Å². The van der Waals surface area contributed by atoms with Crippen LogP contribution in [0.2, 0.25) is 0 Å². The van der Waals surface area contributed by atoms with Crippen molar-refractivity contribution < 1.29 is 9.53 Å². The fourth-order valence-corrected chi connectivity index (χ4v) is 5.34. The van der Waals surface area contributed by atoms with Crippen LogP contribution in [0.5, 0.6) is 0 Å². The van der Waals surface area contributed by atoms with E-state index in [0.29, 0.717) is 39.3 Å². The third-order valence-corrected chi connectivity index (χ3v) is 7.39. The zero-order chi connectivity index (χ0) is 24.1. The molecule has 2 aliphatic rings. The van der Waals surface area contributed by atoms with Crippen LogP contribution in [0.4, 0.5) is 5.82 Å². The first-order valence-electron chi connectivity index (χ1n) is 11.8. The highest BCUT2D eigenvalue weighted by atomic mass is 32.2. The maximum absolute atomic E-state index is 13.5. The van der Waals surface area contributed by atoms with E-state index in [4.69, 9.17) is 21.9 Å². The summed E-state index contributed by atoms with van der Waals surface area (Å²) in [7, 11) is 0. The van der Waals surface area contributed by atoms with Crippen molar-refractivity contribution in [1.29, 1.82) is 0 Å². The summed E-state index contributed by atoms with van der Waals surface area (Å²) in [5.41, 5.74) is 1.69. The third kappa shape index (κ3) is 5.51. The highest BCUT2D eigenvalue weighted by Gasteiger charge is 2.32. The van der Waals surface area contributed by atoms with Gasteiger partial charge in [0.1, 0.15) is 15.8 Å². The molecule has 2 fully saturated rings. The first-order valence-corrected chi connectivity index (χ1v) is 13.0. The summed E-state index contributed by atoms with van der Waals surface area (Å²) in [4.78, 5) is 35.7. The number of anilines is 1. The van der Waals surface area contributed by atoms with E-state index in [-0.39, 0.29) is 11.5 Å². The Morgan fingerprint density at radius 3 is 2.79 bits per heavy atom. The number of carbonyl (C=O) groups is 1. The Hall–Kier alpha value is -2.27. The van der Waals surface area contributed by atoms with Crippen LogP contribution < -0.4 is 10.9 Å². The maximum Gasteiger partial charge on any atom is 0.267 e. The highest BCUT2D eigenvalue weighted by molar-refractivity contribution is 8.26. The van der Waals surface area contributed by atoms with Gasteiger partial charge in [-0.25, -0.2) is 4.98 Å². The van der Waals surface area contributed by atoms with Crippen LogP contribution in [0.1, 0.15) is 37.3 Å². The molecule has 8 nitrogen and oxygen atoms in total. The van der Waals surface area contributed by atoms with Gasteiger partial charge in [0.2, 0.25) is 0 Å². The van der Waals surface area contributed by atoms with Crippen LogP contribution in [0.15, 0.2) is 28.0 Å². The number of hydrogen-bond donors (Lipinski definition) is 1. The zero-order valence-electron chi connectivity index (χ0n) is 19.7. The number of unbranched alkanes of at least 4 members (excludes halogenated alkanes) is 1. The lowest BCUT2D eigenvalue weighted by atomic mass is 10.2. The number of rotatable bonds is 9. The first kappa shape index (κ1) is 24.8. The number of amides is 1. The van der Waals surface area contributed by atoms with E-state index in [9.17, 15) is 9.59 Å². The average molecular weight is 502 g/mol. The molecule has 0 spiro atoms. The summed E-state index contributed by atoms with van der Waals surface area (Å²) in [5.74, 6) is 0.357. The number of aromatic nitrogens is 2. The van der Waals surface area contributed by atoms with E-state index in [1.165, 1.54) is 16.2 Å². The minimum absolute atomic E-state index is 0.143. The molecule has 0 atom stereocenters. The van der Waals surface area contributed by atoms with E-state index in [1.54, 1.807) is 17.2 Å². The van der Waals surface area contributed by atoms with Crippen LogP contribution in [-0.2, 0) is 9.53 Å². The summed E-state index contributed by atoms with van der Waals surface area (Å²) in [6.07, 6.45) is 6.13. The Morgan fingerprint density at radius 2 is 2.03 bits per heavy atom. The van der Waals surface area contributed by atoms with Gasteiger partial charge in [0.15, 0.2) is 0 Å². The van der Waals surface area contributed by atoms with Crippen molar-refractivity contribution in [3.05, 3.63) is 44.7 Å². The zero-order valence-corrected chi connectivity index (χ0v) is 21.3. The first-order chi connectivity index (χ1) is 16.5. The van der Waals surface area contributed by atoms with E-state index < -0.39 is 0 Å². The lowest BCUT2D eigenvalue weighted by molar-refractivity contribution is -0.122. The van der Waals surface area contributed by atoms with E-state index in [0.717, 1.165) is 57.7 Å². The van der Waals surface area contributed by atoms with Crippen LogP contribution in [0.3, 0.4) is 0 Å². The molecule has 34 heavy (non-hydrogen) atoms. The maximum atomic E-state index is 13.5. The highest BCUT2D eigenvalue weighted by Crippen LogP contribution is 2.33. The normalized spacial score (nSPS) is 18.4. The molecule has 0 aliphatic carbocycles. The van der Waals surface area contributed by atoms with Gasteiger partial charge in [-0.05, 0) is 44.0 Å². The molecular weight excluding hydrogens is 470 g/mol. The van der Waals surface area contributed by atoms with Gasteiger partial charge in [-0.2, -0.15) is 0 Å². The van der Waals surface area contributed by atoms with Crippen molar-refractivity contribution in [2.45, 2.75) is 33.1 Å². The smallest absolute Gasteiger partial charge is 0.267 e. The van der Waals surface area contributed by atoms with Crippen LogP contribution in [0.25, 0.3) is 11.7 Å². The Kier molecular flexibility index (Phi) is 8.36. The summed E-state index contributed by atoms with van der Waals surface area (Å²) in [6, 6.07) is 3.76. The van der Waals surface area contributed by atoms with E-state index in [2.05, 4.69) is 17.1 Å². The van der Waals surface area contributed by atoms with Crippen molar-refractivity contribution in [2.24, 2.45) is 0 Å². The number of hydrogen-bond acceptors (Lipinski definition) is 8. The SMILES string of the molecule is CCCCN1C(=O)/C(=C\c2c(NCCCN3CCOCC3)nc3c(C)cccn3c2=O)SC1=S. The molecule has 182 valence electrons. The lowest BCUT2D eigenvalue weighted by Crippen LogP contribution is -2.37. The quantitative estimate of drug-likeness (QED) is 0.319. The van der Waals surface area contributed by atoms with Crippen LogP contribution in [-0.4, -0.2) is 75.3 Å². The van der Waals surface area contributed by atoms with Crippen molar-refractivity contribution >= 4 is 51.7 Å². The Labute approximate surface area is 209 Å². The molecule has 4 rings (SSSR count). The Balaban J connectivity index is 1.61. The van der Waals surface area contributed by atoms with Gasteiger partial charge in [-0.1, -0.05) is 43.4 Å². The van der Waals surface area contributed by atoms with Crippen molar-refractivity contribution in [3.8, 4) is 0 Å². The second kappa shape index (κ2) is 11.4. The van der Waals surface area contributed by atoms with E-state index in [1.807, 2.05) is 19.1 Å². The molecule has 0 aromatic carbocycles. The Bertz CT molecular complexity index is 1160. The van der Waals surface area contributed by atoms with Gasteiger partial charge in [0.25, 0.3) is 11.5 Å². The van der Waals surface area contributed by atoms with Crippen LogP contribution >= 0.6 is 24.0 Å². The molecule has 2 aromatic rings. The fraction of sp³-hybridized carbons (Fsp3) is 0.500. The van der Waals surface area contributed by atoms with Gasteiger partial charge < -0.3 is 10.1 Å². The average Bonchev–Trinajstić information content (AvgIpc) is 3.11.